The first-order valence-electron chi connectivity index (χ1n) is 7.54. The second-order valence-electron chi connectivity index (χ2n) is 5.29. The molecule has 24 heavy (non-hydrogen) atoms. The fourth-order valence-electron chi connectivity index (χ4n) is 2.47. The third-order valence-electron chi connectivity index (χ3n) is 3.62. The number of para-hydroxylation sites is 1. The number of cyclic esters (lactones) is 1. The Bertz CT molecular complexity index is 827. The summed E-state index contributed by atoms with van der Waals surface area (Å²) in [6.45, 7) is 0. The minimum absolute atomic E-state index is 0.322. The molecule has 1 heterocycles. The molecule has 5 heteroatoms. The first-order chi connectivity index (χ1) is 11.7. The van der Waals surface area contributed by atoms with E-state index in [0.717, 1.165) is 21.3 Å². The minimum atomic E-state index is -0.412. The molecule has 0 fully saturated rings. The van der Waals surface area contributed by atoms with Gasteiger partial charge in [-0.15, -0.1) is 0 Å². The quantitative estimate of drug-likeness (QED) is 0.566. The molecule has 0 saturated heterocycles. The predicted octanol–water partition coefficient (Wildman–Crippen LogP) is 4.39. The number of halogens is 1. The maximum atomic E-state index is 12.0. The summed E-state index contributed by atoms with van der Waals surface area (Å²) in [5.74, 6) is 0.851. The van der Waals surface area contributed by atoms with E-state index in [0.29, 0.717) is 24.4 Å². The van der Waals surface area contributed by atoms with Crippen molar-refractivity contribution in [3.8, 4) is 5.75 Å². The van der Waals surface area contributed by atoms with Crippen molar-refractivity contribution in [1.82, 2.24) is 0 Å². The van der Waals surface area contributed by atoms with Crippen molar-refractivity contribution in [2.45, 2.75) is 12.8 Å². The monoisotopic (exact) mass is 385 g/mol. The molecule has 2 aromatic rings. The van der Waals surface area contributed by atoms with E-state index < -0.39 is 5.97 Å². The number of nitrogens with zero attached hydrogens (tertiary/aromatic N) is 1. The first kappa shape index (κ1) is 16.5. The van der Waals surface area contributed by atoms with Crippen LogP contribution in [0.4, 0.5) is 0 Å². The Morgan fingerprint density at radius 3 is 2.79 bits per heavy atom. The fraction of sp³-hybridized carbons (Fsp3) is 0.158. The Morgan fingerprint density at radius 1 is 1.17 bits per heavy atom. The molecule has 2 aromatic carbocycles. The predicted molar refractivity (Wildman–Crippen MR) is 97.0 cm³/mol. The van der Waals surface area contributed by atoms with Gasteiger partial charge in [-0.3, -0.25) is 0 Å². The molecule has 1 aliphatic heterocycles. The van der Waals surface area contributed by atoms with E-state index in [-0.39, 0.29) is 0 Å². The first-order valence-corrected chi connectivity index (χ1v) is 8.34. The maximum Gasteiger partial charge on any atom is 0.363 e. The molecule has 0 spiro atoms. The van der Waals surface area contributed by atoms with Crippen LogP contribution in [-0.4, -0.2) is 19.0 Å². The molecule has 1 aliphatic rings. The molecule has 122 valence electrons. The summed E-state index contributed by atoms with van der Waals surface area (Å²) in [7, 11) is 1.64. The highest BCUT2D eigenvalue weighted by Gasteiger charge is 2.22. The number of rotatable bonds is 5. The van der Waals surface area contributed by atoms with Gasteiger partial charge in [0.05, 0.1) is 7.11 Å². The number of hydrogen-bond donors (Lipinski definition) is 0. The van der Waals surface area contributed by atoms with Crippen LogP contribution in [0.3, 0.4) is 0 Å². The number of methoxy groups -OCH3 is 1. The molecule has 0 bridgehead atoms. The number of carbonyl (C=O) groups is 1. The molecule has 4 nitrogen and oxygen atoms in total. The van der Waals surface area contributed by atoms with Crippen LogP contribution in [0.15, 0.2) is 63.7 Å². The Kier molecular flexibility index (Phi) is 5.11. The smallest absolute Gasteiger partial charge is 0.363 e. The number of aliphatic imine (C=N–C) groups is 1. The van der Waals surface area contributed by atoms with Crippen molar-refractivity contribution >= 4 is 33.9 Å². The van der Waals surface area contributed by atoms with Crippen molar-refractivity contribution in [3.05, 3.63) is 69.8 Å². The highest BCUT2D eigenvalue weighted by molar-refractivity contribution is 9.10. The number of benzene rings is 2. The molecule has 0 aromatic heterocycles. The van der Waals surface area contributed by atoms with Crippen molar-refractivity contribution in [1.29, 1.82) is 0 Å². The summed E-state index contributed by atoms with van der Waals surface area (Å²) >= 11 is 3.41. The number of ether oxygens (including phenoxy) is 2. The number of hydrogen-bond acceptors (Lipinski definition) is 4. The van der Waals surface area contributed by atoms with Crippen LogP contribution >= 0.6 is 15.9 Å². The summed E-state index contributed by atoms with van der Waals surface area (Å²) in [5, 5.41) is 0. The fourth-order valence-corrected chi connectivity index (χ4v) is 2.88. The molecular weight excluding hydrogens is 370 g/mol. The minimum Gasteiger partial charge on any atom is -0.496 e. The van der Waals surface area contributed by atoms with E-state index >= 15 is 0 Å². The zero-order valence-electron chi connectivity index (χ0n) is 13.2. The van der Waals surface area contributed by atoms with E-state index in [1.165, 1.54) is 0 Å². The van der Waals surface area contributed by atoms with E-state index in [9.17, 15) is 4.79 Å². The van der Waals surface area contributed by atoms with Crippen LogP contribution in [0.2, 0.25) is 0 Å². The molecule has 0 N–H and O–H groups in total. The lowest BCUT2D eigenvalue weighted by Crippen LogP contribution is -2.05. The van der Waals surface area contributed by atoms with Gasteiger partial charge in [-0.2, -0.15) is 0 Å². The second kappa shape index (κ2) is 7.45. The van der Waals surface area contributed by atoms with Gasteiger partial charge in [0, 0.05) is 10.9 Å². The van der Waals surface area contributed by atoms with E-state index in [1.54, 1.807) is 13.2 Å². The molecule has 3 rings (SSSR count). The zero-order valence-corrected chi connectivity index (χ0v) is 14.7. The lowest BCUT2D eigenvalue weighted by Gasteiger charge is -2.07. The lowest BCUT2D eigenvalue weighted by molar-refractivity contribution is -0.130. The average Bonchev–Trinajstić information content (AvgIpc) is 2.93. The Balaban J connectivity index is 1.72. The van der Waals surface area contributed by atoms with Crippen molar-refractivity contribution in [2.75, 3.05) is 7.11 Å². The Hall–Kier alpha value is -2.40. The summed E-state index contributed by atoms with van der Waals surface area (Å²) in [6.07, 6.45) is 2.96. The number of aryl methyl sites for hydroxylation is 1. The van der Waals surface area contributed by atoms with E-state index in [4.69, 9.17) is 9.47 Å². The largest absolute Gasteiger partial charge is 0.496 e. The topological polar surface area (TPSA) is 47.9 Å². The molecule has 0 amide bonds. The second-order valence-corrected chi connectivity index (χ2v) is 6.21. The molecule has 0 saturated carbocycles. The van der Waals surface area contributed by atoms with Gasteiger partial charge in [-0.05, 0) is 41.8 Å². The third kappa shape index (κ3) is 3.92. The van der Waals surface area contributed by atoms with Gasteiger partial charge in [0.25, 0.3) is 0 Å². The summed E-state index contributed by atoms with van der Waals surface area (Å²) < 4.78 is 11.5. The van der Waals surface area contributed by atoms with Gasteiger partial charge in [0.2, 0.25) is 0 Å². The van der Waals surface area contributed by atoms with Crippen LogP contribution in [-0.2, 0) is 16.0 Å². The van der Waals surface area contributed by atoms with Gasteiger partial charge < -0.3 is 9.47 Å². The molecular formula is C19H16BrNO3. The number of esters is 1. The summed E-state index contributed by atoms with van der Waals surface area (Å²) in [6, 6.07) is 15.5. The van der Waals surface area contributed by atoms with Gasteiger partial charge in [0.15, 0.2) is 11.6 Å². The van der Waals surface area contributed by atoms with Gasteiger partial charge in [0.1, 0.15) is 5.75 Å². The SMILES string of the molecule is COc1ccccc1CCC1=N/C(=C/c2cccc(Br)c2)C(=O)O1. The van der Waals surface area contributed by atoms with Crippen LogP contribution in [0.1, 0.15) is 17.5 Å². The molecule has 0 aliphatic carbocycles. The number of carbonyl (C=O) groups excluding carboxylic acids is 1. The van der Waals surface area contributed by atoms with Crippen LogP contribution in [0.5, 0.6) is 5.75 Å². The van der Waals surface area contributed by atoms with Crippen LogP contribution in [0, 0.1) is 0 Å². The Labute approximate surface area is 148 Å². The van der Waals surface area contributed by atoms with Gasteiger partial charge >= 0.3 is 5.97 Å². The molecule has 0 radical (unpaired) electrons. The van der Waals surface area contributed by atoms with Crippen LogP contribution in [0.25, 0.3) is 6.08 Å². The third-order valence-corrected chi connectivity index (χ3v) is 4.11. The highest BCUT2D eigenvalue weighted by atomic mass is 79.9. The van der Waals surface area contributed by atoms with Crippen molar-refractivity contribution in [3.63, 3.8) is 0 Å². The zero-order chi connectivity index (χ0) is 16.9. The normalized spacial score (nSPS) is 15.3. The van der Waals surface area contributed by atoms with Gasteiger partial charge in [-0.25, -0.2) is 9.79 Å². The molecule has 0 atom stereocenters. The van der Waals surface area contributed by atoms with E-state index in [2.05, 4.69) is 20.9 Å². The summed E-state index contributed by atoms with van der Waals surface area (Å²) in [4.78, 5) is 16.3. The highest BCUT2D eigenvalue weighted by Crippen LogP contribution is 2.22. The van der Waals surface area contributed by atoms with Crippen molar-refractivity contribution < 1.29 is 14.3 Å². The summed E-state index contributed by atoms with van der Waals surface area (Å²) in [5.41, 5.74) is 2.28. The maximum absolute atomic E-state index is 12.0. The standard InChI is InChI=1S/C19H16BrNO3/c1-23-17-8-3-2-6-14(17)9-10-18-21-16(19(22)24-18)12-13-5-4-7-15(20)11-13/h2-8,11-12H,9-10H2,1H3/b16-12+. The molecule has 0 unspecified atom stereocenters. The van der Waals surface area contributed by atoms with Crippen molar-refractivity contribution in [2.24, 2.45) is 4.99 Å². The lowest BCUT2D eigenvalue weighted by atomic mass is 10.1. The van der Waals surface area contributed by atoms with Gasteiger partial charge in [-0.1, -0.05) is 46.3 Å². The Morgan fingerprint density at radius 2 is 2.00 bits per heavy atom. The average molecular weight is 386 g/mol. The van der Waals surface area contributed by atoms with E-state index in [1.807, 2.05) is 48.5 Å². The van der Waals surface area contributed by atoms with Crippen LogP contribution < -0.4 is 4.74 Å².